The maximum atomic E-state index is 12.4. The van der Waals surface area contributed by atoms with E-state index in [9.17, 15) is 9.59 Å². The molecule has 0 spiro atoms. The van der Waals surface area contributed by atoms with Gasteiger partial charge in [-0.2, -0.15) is 0 Å². The van der Waals surface area contributed by atoms with E-state index in [0.29, 0.717) is 29.5 Å². The first kappa shape index (κ1) is 16.5. The van der Waals surface area contributed by atoms with Crippen LogP contribution in [-0.4, -0.2) is 49.4 Å². The first-order valence-electron chi connectivity index (χ1n) is 7.78. The van der Waals surface area contributed by atoms with E-state index in [0.717, 1.165) is 19.5 Å². The first-order valence-corrected chi connectivity index (χ1v) is 7.78. The normalized spacial score (nSPS) is 18.2. The van der Waals surface area contributed by atoms with Crippen molar-refractivity contribution >= 4 is 11.7 Å². The van der Waals surface area contributed by atoms with E-state index < -0.39 is 0 Å². The van der Waals surface area contributed by atoms with Gasteiger partial charge in [-0.25, -0.2) is 0 Å². The summed E-state index contributed by atoms with van der Waals surface area (Å²) in [5, 5.41) is 2.97. The molecular formula is C17H24N2O3. The Kier molecular flexibility index (Phi) is 5.55. The Morgan fingerprint density at radius 1 is 1.41 bits per heavy atom. The van der Waals surface area contributed by atoms with Gasteiger partial charge in [-0.1, -0.05) is 6.92 Å². The van der Waals surface area contributed by atoms with Crippen LogP contribution in [0.3, 0.4) is 0 Å². The van der Waals surface area contributed by atoms with Crippen LogP contribution in [-0.2, 0) is 0 Å². The summed E-state index contributed by atoms with van der Waals surface area (Å²) in [6.45, 7) is 6.35. The number of Topliss-reactive ketones (excluding diaryl/α,β-unsaturated/α-hetero) is 1. The molecule has 1 fully saturated rings. The molecule has 1 amide bonds. The van der Waals surface area contributed by atoms with Crippen LogP contribution in [0.5, 0.6) is 5.75 Å². The van der Waals surface area contributed by atoms with Gasteiger partial charge in [0, 0.05) is 18.2 Å². The zero-order chi connectivity index (χ0) is 16.1. The Balaban J connectivity index is 2.08. The topological polar surface area (TPSA) is 58.6 Å². The molecule has 0 unspecified atom stereocenters. The van der Waals surface area contributed by atoms with Crippen LogP contribution in [0.4, 0.5) is 0 Å². The maximum Gasteiger partial charge on any atom is 0.255 e. The summed E-state index contributed by atoms with van der Waals surface area (Å²) in [5.74, 6) is 0.230. The molecule has 120 valence electrons. The first-order chi connectivity index (χ1) is 10.6. The summed E-state index contributed by atoms with van der Waals surface area (Å²) >= 11 is 0. The number of likely N-dealkylation sites (tertiary alicyclic amines) is 1. The SMILES string of the molecule is CCN1CCC[C@@H]1CNC(=O)c1cc(C(C)=O)ccc1OC. The highest BCUT2D eigenvalue weighted by atomic mass is 16.5. The van der Waals surface area contributed by atoms with Gasteiger partial charge in [-0.05, 0) is 51.1 Å². The molecule has 0 radical (unpaired) electrons. The fourth-order valence-corrected chi connectivity index (χ4v) is 2.95. The molecule has 1 saturated heterocycles. The van der Waals surface area contributed by atoms with Crippen molar-refractivity contribution in [3.05, 3.63) is 29.3 Å². The molecule has 1 N–H and O–H groups in total. The van der Waals surface area contributed by atoms with Crippen molar-refractivity contribution in [1.29, 1.82) is 0 Å². The molecule has 1 aliphatic rings. The summed E-state index contributed by atoms with van der Waals surface area (Å²) in [7, 11) is 1.52. The number of nitrogens with one attached hydrogen (secondary N) is 1. The number of amides is 1. The van der Waals surface area contributed by atoms with E-state index in [2.05, 4.69) is 17.1 Å². The molecule has 0 aliphatic carbocycles. The van der Waals surface area contributed by atoms with Gasteiger partial charge in [0.25, 0.3) is 5.91 Å². The van der Waals surface area contributed by atoms with Gasteiger partial charge >= 0.3 is 0 Å². The van der Waals surface area contributed by atoms with Gasteiger partial charge in [-0.3, -0.25) is 14.5 Å². The van der Waals surface area contributed by atoms with Crippen molar-refractivity contribution in [3.8, 4) is 5.75 Å². The van der Waals surface area contributed by atoms with Crippen LogP contribution < -0.4 is 10.1 Å². The summed E-state index contributed by atoms with van der Waals surface area (Å²) < 4.78 is 5.23. The van der Waals surface area contributed by atoms with Crippen LogP contribution in [0.25, 0.3) is 0 Å². The van der Waals surface area contributed by atoms with Gasteiger partial charge in [-0.15, -0.1) is 0 Å². The highest BCUT2D eigenvalue weighted by Crippen LogP contribution is 2.21. The highest BCUT2D eigenvalue weighted by Gasteiger charge is 2.24. The van der Waals surface area contributed by atoms with Gasteiger partial charge in [0.05, 0.1) is 12.7 Å². The molecule has 22 heavy (non-hydrogen) atoms. The van der Waals surface area contributed by atoms with Crippen molar-refractivity contribution in [2.45, 2.75) is 32.7 Å². The number of hydrogen-bond acceptors (Lipinski definition) is 4. The predicted molar refractivity (Wildman–Crippen MR) is 85.6 cm³/mol. The summed E-state index contributed by atoms with van der Waals surface area (Å²) in [5.41, 5.74) is 0.929. The third-order valence-corrected chi connectivity index (χ3v) is 4.25. The minimum Gasteiger partial charge on any atom is -0.496 e. The van der Waals surface area contributed by atoms with Crippen molar-refractivity contribution in [1.82, 2.24) is 10.2 Å². The number of benzene rings is 1. The zero-order valence-electron chi connectivity index (χ0n) is 13.5. The summed E-state index contributed by atoms with van der Waals surface area (Å²) in [4.78, 5) is 26.3. The Morgan fingerprint density at radius 3 is 2.82 bits per heavy atom. The molecule has 5 heteroatoms. The number of carbonyl (C=O) groups excluding carboxylic acids is 2. The quantitative estimate of drug-likeness (QED) is 0.818. The molecule has 1 aromatic rings. The van der Waals surface area contributed by atoms with E-state index in [1.165, 1.54) is 20.5 Å². The number of hydrogen-bond donors (Lipinski definition) is 1. The second-order valence-corrected chi connectivity index (χ2v) is 5.61. The number of rotatable bonds is 6. The zero-order valence-corrected chi connectivity index (χ0v) is 13.5. The lowest BCUT2D eigenvalue weighted by Crippen LogP contribution is -2.40. The van der Waals surface area contributed by atoms with Crippen molar-refractivity contribution in [3.63, 3.8) is 0 Å². The van der Waals surface area contributed by atoms with Gasteiger partial charge < -0.3 is 10.1 Å². The number of likely N-dealkylation sites (N-methyl/N-ethyl adjacent to an activating group) is 1. The third kappa shape index (κ3) is 3.65. The molecule has 0 saturated carbocycles. The molecule has 0 aromatic heterocycles. The summed E-state index contributed by atoms with van der Waals surface area (Å²) in [6.07, 6.45) is 2.29. The molecule has 1 heterocycles. The standard InChI is InChI=1S/C17H24N2O3/c1-4-19-9-5-6-14(19)11-18-17(21)15-10-13(12(2)20)7-8-16(15)22-3/h7-8,10,14H,4-6,9,11H2,1-3H3,(H,18,21)/t14-/m1/s1. The largest absolute Gasteiger partial charge is 0.496 e. The van der Waals surface area contributed by atoms with Crippen LogP contribution in [0.2, 0.25) is 0 Å². The average Bonchev–Trinajstić information content (AvgIpc) is 2.99. The van der Waals surface area contributed by atoms with E-state index in [1.54, 1.807) is 18.2 Å². The molecule has 1 aromatic carbocycles. The second-order valence-electron chi connectivity index (χ2n) is 5.61. The highest BCUT2D eigenvalue weighted by molar-refractivity contribution is 6.01. The summed E-state index contributed by atoms with van der Waals surface area (Å²) in [6, 6.07) is 5.34. The van der Waals surface area contributed by atoms with E-state index in [1.807, 2.05) is 0 Å². The Bertz CT molecular complexity index is 557. The van der Waals surface area contributed by atoms with E-state index in [-0.39, 0.29) is 11.7 Å². The lowest BCUT2D eigenvalue weighted by molar-refractivity contribution is 0.0938. The van der Waals surface area contributed by atoms with E-state index >= 15 is 0 Å². The van der Waals surface area contributed by atoms with Gasteiger partial charge in [0.1, 0.15) is 5.75 Å². The second kappa shape index (κ2) is 7.40. The number of ketones is 1. The van der Waals surface area contributed by atoms with Gasteiger partial charge in [0.2, 0.25) is 0 Å². The fourth-order valence-electron chi connectivity index (χ4n) is 2.95. The fraction of sp³-hybridized carbons (Fsp3) is 0.529. The lowest BCUT2D eigenvalue weighted by atomic mass is 10.1. The third-order valence-electron chi connectivity index (χ3n) is 4.25. The monoisotopic (exact) mass is 304 g/mol. The van der Waals surface area contributed by atoms with Crippen molar-refractivity contribution in [2.75, 3.05) is 26.7 Å². The smallest absolute Gasteiger partial charge is 0.255 e. The molecule has 1 atom stereocenters. The predicted octanol–water partition coefficient (Wildman–Crippen LogP) is 2.11. The number of carbonyl (C=O) groups is 2. The molecular weight excluding hydrogens is 280 g/mol. The molecule has 0 bridgehead atoms. The minimum absolute atomic E-state index is 0.0651. The molecule has 2 rings (SSSR count). The van der Waals surface area contributed by atoms with Crippen molar-refractivity contribution in [2.24, 2.45) is 0 Å². The average molecular weight is 304 g/mol. The molecule has 5 nitrogen and oxygen atoms in total. The molecule has 1 aliphatic heterocycles. The number of methoxy groups -OCH3 is 1. The Labute approximate surface area is 131 Å². The number of nitrogens with zero attached hydrogens (tertiary/aromatic N) is 1. The Hall–Kier alpha value is -1.88. The van der Waals surface area contributed by atoms with Crippen molar-refractivity contribution < 1.29 is 14.3 Å². The minimum atomic E-state index is -0.192. The lowest BCUT2D eigenvalue weighted by Gasteiger charge is -2.23. The van der Waals surface area contributed by atoms with E-state index in [4.69, 9.17) is 4.74 Å². The maximum absolute atomic E-state index is 12.4. The van der Waals surface area contributed by atoms with Crippen LogP contribution in [0.1, 0.15) is 47.4 Å². The number of ether oxygens (including phenoxy) is 1. The van der Waals surface area contributed by atoms with Crippen LogP contribution in [0.15, 0.2) is 18.2 Å². The van der Waals surface area contributed by atoms with Gasteiger partial charge in [0.15, 0.2) is 5.78 Å². The Morgan fingerprint density at radius 2 is 2.18 bits per heavy atom. The van der Waals surface area contributed by atoms with Crippen LogP contribution in [0, 0.1) is 0 Å². The van der Waals surface area contributed by atoms with Crippen LogP contribution >= 0.6 is 0 Å².